The Morgan fingerprint density at radius 3 is 2.24 bits per heavy atom. The zero-order valence-corrected chi connectivity index (χ0v) is 21.3. The first-order valence-electron chi connectivity index (χ1n) is 12.2. The minimum Gasteiger partial charge on any atom is -0.439 e. The maximum atomic E-state index is 12.4. The molecule has 38 heavy (non-hydrogen) atoms. The number of rotatable bonds is 8. The van der Waals surface area contributed by atoms with Crippen molar-refractivity contribution >= 4 is 23.4 Å². The third-order valence-electron chi connectivity index (χ3n) is 6.05. The molecule has 0 radical (unpaired) electrons. The molecule has 0 aliphatic carbocycles. The van der Waals surface area contributed by atoms with Gasteiger partial charge in [-0.05, 0) is 69.7 Å². The van der Waals surface area contributed by atoms with E-state index in [0.717, 1.165) is 11.4 Å². The lowest BCUT2D eigenvalue weighted by atomic mass is 10.1. The smallest absolute Gasteiger partial charge is 0.261 e. The average Bonchev–Trinajstić information content (AvgIpc) is 3.35. The summed E-state index contributed by atoms with van der Waals surface area (Å²) in [6.45, 7) is 5.85. The van der Waals surface area contributed by atoms with Gasteiger partial charge in [0.2, 0.25) is 11.8 Å². The number of hydrogen-bond acceptors (Lipinski definition) is 7. The lowest BCUT2D eigenvalue weighted by Gasteiger charge is -2.13. The van der Waals surface area contributed by atoms with Crippen molar-refractivity contribution in [3.8, 4) is 17.4 Å². The summed E-state index contributed by atoms with van der Waals surface area (Å²) in [5.74, 6) is 1.25. The van der Waals surface area contributed by atoms with Gasteiger partial charge in [0.25, 0.3) is 11.8 Å². The van der Waals surface area contributed by atoms with Gasteiger partial charge in [0.15, 0.2) is 5.82 Å². The average molecular weight is 511 g/mol. The van der Waals surface area contributed by atoms with Gasteiger partial charge in [0, 0.05) is 30.4 Å². The first-order chi connectivity index (χ1) is 18.3. The quantitative estimate of drug-likeness (QED) is 0.349. The van der Waals surface area contributed by atoms with Crippen molar-refractivity contribution in [2.24, 2.45) is 0 Å². The number of anilines is 1. The summed E-state index contributed by atoms with van der Waals surface area (Å²) < 4.78 is 7.66. The minimum atomic E-state index is -0.317. The Balaban J connectivity index is 1.15. The molecule has 1 aliphatic heterocycles. The van der Waals surface area contributed by atoms with E-state index < -0.39 is 0 Å². The molecule has 2 aromatic carbocycles. The first kappa shape index (κ1) is 24.8. The van der Waals surface area contributed by atoms with Crippen LogP contribution in [-0.2, 0) is 4.79 Å². The lowest BCUT2D eigenvalue weighted by Crippen LogP contribution is -2.31. The molecule has 0 atom stereocenters. The fraction of sp³-hybridized carbons (Fsp3) is 0.214. The highest BCUT2D eigenvalue weighted by Crippen LogP contribution is 2.25. The molecule has 0 unspecified atom stereocenters. The van der Waals surface area contributed by atoms with Gasteiger partial charge in [0.05, 0.1) is 16.8 Å². The van der Waals surface area contributed by atoms with E-state index in [1.165, 1.54) is 4.90 Å². The molecular weight excluding hydrogens is 484 g/mol. The summed E-state index contributed by atoms with van der Waals surface area (Å²) in [5.41, 5.74) is 3.26. The van der Waals surface area contributed by atoms with Gasteiger partial charge < -0.3 is 10.1 Å². The molecule has 3 amide bonds. The summed E-state index contributed by atoms with van der Waals surface area (Å²) in [4.78, 5) is 47.3. The van der Waals surface area contributed by atoms with Crippen LogP contribution in [0, 0.1) is 20.8 Å². The molecule has 0 fully saturated rings. The fourth-order valence-electron chi connectivity index (χ4n) is 4.34. The van der Waals surface area contributed by atoms with Crippen molar-refractivity contribution < 1.29 is 19.1 Å². The number of imide groups is 1. The molecule has 4 aromatic rings. The number of ether oxygens (including phenoxy) is 1. The second kappa shape index (κ2) is 10.3. The van der Waals surface area contributed by atoms with Crippen LogP contribution in [0.4, 0.5) is 5.69 Å². The van der Waals surface area contributed by atoms with Crippen LogP contribution in [0.25, 0.3) is 5.82 Å². The Hall–Kier alpha value is -4.86. The molecule has 5 rings (SSSR count). The maximum absolute atomic E-state index is 12.4. The number of benzene rings is 2. The first-order valence-corrected chi connectivity index (χ1v) is 12.2. The topological polar surface area (TPSA) is 119 Å². The molecule has 10 nitrogen and oxygen atoms in total. The van der Waals surface area contributed by atoms with Crippen LogP contribution in [0.5, 0.6) is 11.6 Å². The van der Waals surface area contributed by atoms with Crippen molar-refractivity contribution in [1.29, 1.82) is 0 Å². The number of aryl methyl sites for hydroxylation is 3. The van der Waals surface area contributed by atoms with Crippen LogP contribution in [0.3, 0.4) is 0 Å². The Kier molecular flexibility index (Phi) is 6.69. The zero-order chi connectivity index (χ0) is 26.8. The Morgan fingerprint density at radius 2 is 1.61 bits per heavy atom. The van der Waals surface area contributed by atoms with Crippen LogP contribution >= 0.6 is 0 Å². The molecular formula is C28H26N6O4. The molecule has 10 heteroatoms. The number of amides is 3. The second-order valence-corrected chi connectivity index (χ2v) is 9.04. The van der Waals surface area contributed by atoms with Crippen molar-refractivity contribution in [2.75, 3.05) is 11.9 Å². The second-order valence-electron chi connectivity index (χ2n) is 9.04. The number of nitrogens with zero attached hydrogens (tertiary/aromatic N) is 5. The highest BCUT2D eigenvalue weighted by molar-refractivity contribution is 6.21. The van der Waals surface area contributed by atoms with Gasteiger partial charge in [-0.1, -0.05) is 12.1 Å². The van der Waals surface area contributed by atoms with Crippen molar-refractivity contribution in [1.82, 2.24) is 24.6 Å². The lowest BCUT2D eigenvalue weighted by molar-refractivity contribution is -0.116. The van der Waals surface area contributed by atoms with Crippen molar-refractivity contribution in [3.05, 3.63) is 89.0 Å². The van der Waals surface area contributed by atoms with E-state index in [0.29, 0.717) is 46.5 Å². The van der Waals surface area contributed by atoms with E-state index in [-0.39, 0.29) is 30.7 Å². The highest BCUT2D eigenvalue weighted by Gasteiger charge is 2.34. The van der Waals surface area contributed by atoms with E-state index in [9.17, 15) is 14.4 Å². The summed E-state index contributed by atoms with van der Waals surface area (Å²) in [7, 11) is 0. The van der Waals surface area contributed by atoms with Crippen molar-refractivity contribution in [2.45, 2.75) is 33.6 Å². The molecule has 3 heterocycles. The van der Waals surface area contributed by atoms with E-state index in [2.05, 4.69) is 20.4 Å². The molecule has 2 aromatic heterocycles. The number of aromatic nitrogens is 4. The minimum absolute atomic E-state index is 0.168. The summed E-state index contributed by atoms with van der Waals surface area (Å²) >= 11 is 0. The molecule has 0 saturated heterocycles. The number of hydrogen-bond donors (Lipinski definition) is 1. The number of carbonyl (C=O) groups is 3. The number of fused-ring (bicyclic) bond motifs is 1. The van der Waals surface area contributed by atoms with Crippen molar-refractivity contribution in [3.63, 3.8) is 0 Å². The molecule has 1 N–H and O–H groups in total. The van der Waals surface area contributed by atoms with Gasteiger partial charge in [-0.15, -0.1) is 0 Å². The predicted octanol–water partition coefficient (Wildman–Crippen LogP) is 4.39. The van der Waals surface area contributed by atoms with Gasteiger partial charge in [-0.3, -0.25) is 19.3 Å². The summed E-state index contributed by atoms with van der Waals surface area (Å²) in [5, 5.41) is 7.29. The third-order valence-corrected chi connectivity index (χ3v) is 6.05. The number of nitrogens with one attached hydrogen (secondary N) is 1. The normalized spacial score (nSPS) is 12.6. The Labute approximate surface area is 219 Å². The molecule has 0 bridgehead atoms. The molecule has 0 saturated carbocycles. The SMILES string of the molecule is Cc1cc(C)n(-c2cc(Oc3ccc(NC(=O)CCCN4C(=O)c5ccccc5C4=O)cc3)nc(C)n2)n1. The van der Waals surface area contributed by atoms with E-state index >= 15 is 0 Å². The van der Waals surface area contributed by atoms with E-state index in [4.69, 9.17) is 4.74 Å². The highest BCUT2D eigenvalue weighted by atomic mass is 16.5. The standard InChI is InChI=1S/C28H26N6O4/c1-17-15-18(2)34(32-17)24-16-26(30-19(3)29-24)38-21-12-10-20(11-13-21)31-25(35)9-6-14-33-27(36)22-7-4-5-8-23(22)28(33)37/h4-5,7-8,10-13,15-16H,6,9,14H2,1-3H3,(H,31,35). The largest absolute Gasteiger partial charge is 0.439 e. The van der Waals surface area contributed by atoms with Gasteiger partial charge >= 0.3 is 0 Å². The molecule has 1 aliphatic rings. The van der Waals surface area contributed by atoms with Gasteiger partial charge in [-0.2, -0.15) is 10.1 Å². The zero-order valence-electron chi connectivity index (χ0n) is 21.3. The van der Waals surface area contributed by atoms with E-state index in [1.807, 2.05) is 19.9 Å². The monoisotopic (exact) mass is 510 g/mol. The van der Waals surface area contributed by atoms with E-state index in [1.54, 1.807) is 66.2 Å². The molecule has 0 spiro atoms. The van der Waals surface area contributed by atoms with Gasteiger partial charge in [-0.25, -0.2) is 9.67 Å². The Bertz CT molecular complexity index is 1510. The number of carbonyl (C=O) groups excluding carboxylic acids is 3. The fourth-order valence-corrected chi connectivity index (χ4v) is 4.34. The summed E-state index contributed by atoms with van der Waals surface area (Å²) in [6.07, 6.45) is 0.532. The van der Waals surface area contributed by atoms with Crippen LogP contribution in [0.15, 0.2) is 60.7 Å². The molecule has 192 valence electrons. The van der Waals surface area contributed by atoms with Crippen LogP contribution in [-0.4, -0.2) is 48.9 Å². The third kappa shape index (κ3) is 5.15. The van der Waals surface area contributed by atoms with Crippen LogP contribution in [0.1, 0.15) is 50.8 Å². The van der Waals surface area contributed by atoms with Crippen LogP contribution in [0.2, 0.25) is 0 Å². The van der Waals surface area contributed by atoms with Crippen LogP contribution < -0.4 is 10.1 Å². The maximum Gasteiger partial charge on any atom is 0.261 e. The predicted molar refractivity (Wildman–Crippen MR) is 140 cm³/mol. The van der Waals surface area contributed by atoms with Gasteiger partial charge in [0.1, 0.15) is 11.6 Å². The summed E-state index contributed by atoms with van der Waals surface area (Å²) in [6, 6.07) is 17.3. The Morgan fingerprint density at radius 1 is 0.921 bits per heavy atom.